The van der Waals surface area contributed by atoms with Crippen molar-refractivity contribution in [1.29, 1.82) is 0 Å². The zero-order valence-corrected chi connectivity index (χ0v) is 12.8. The fourth-order valence-electron chi connectivity index (χ4n) is 1.74. The van der Waals surface area contributed by atoms with Crippen molar-refractivity contribution in [1.82, 2.24) is 9.59 Å². The Hall–Kier alpha value is -1.80. The molecule has 106 valence electrons. The molecule has 2 aromatic heterocycles. The molecule has 0 aliphatic rings. The van der Waals surface area contributed by atoms with E-state index in [0.29, 0.717) is 27.6 Å². The predicted molar refractivity (Wildman–Crippen MR) is 78.0 cm³/mol. The second-order valence-corrected chi connectivity index (χ2v) is 6.13. The first-order valence-electron chi connectivity index (χ1n) is 5.91. The maximum atomic E-state index is 12.2. The van der Waals surface area contributed by atoms with E-state index in [-0.39, 0.29) is 11.5 Å². The topological polar surface area (TPSA) is 92.2 Å². The predicted octanol–water partition coefficient (Wildman–Crippen LogP) is 2.73. The van der Waals surface area contributed by atoms with Crippen molar-refractivity contribution in [3.8, 4) is 0 Å². The third-order valence-corrected chi connectivity index (χ3v) is 4.81. The number of hydrogen-bond donors (Lipinski definition) is 2. The summed E-state index contributed by atoms with van der Waals surface area (Å²) in [6.45, 7) is 5.44. The van der Waals surface area contributed by atoms with Crippen LogP contribution in [0, 0.1) is 13.8 Å². The Morgan fingerprint density at radius 1 is 1.35 bits per heavy atom. The van der Waals surface area contributed by atoms with Crippen molar-refractivity contribution in [3.63, 3.8) is 0 Å². The number of thiophene rings is 1. The molecule has 0 spiro atoms. The Morgan fingerprint density at radius 3 is 2.65 bits per heavy atom. The van der Waals surface area contributed by atoms with Crippen molar-refractivity contribution in [3.05, 3.63) is 26.6 Å². The fraction of sp³-hybridized carbons (Fsp3) is 0.333. The minimum absolute atomic E-state index is 0.149. The Kier molecular flexibility index (Phi) is 4.15. The van der Waals surface area contributed by atoms with Crippen molar-refractivity contribution in [2.45, 2.75) is 27.2 Å². The zero-order chi connectivity index (χ0) is 14.9. The number of carboxylic acids is 1. The number of aromatic nitrogens is 2. The molecule has 6 nitrogen and oxygen atoms in total. The van der Waals surface area contributed by atoms with E-state index in [2.05, 4.69) is 14.9 Å². The lowest BCUT2D eigenvalue weighted by Crippen LogP contribution is -2.14. The van der Waals surface area contributed by atoms with Gasteiger partial charge in [0.05, 0.1) is 11.3 Å². The summed E-state index contributed by atoms with van der Waals surface area (Å²) < 4.78 is 3.75. The van der Waals surface area contributed by atoms with Crippen molar-refractivity contribution < 1.29 is 14.7 Å². The van der Waals surface area contributed by atoms with Gasteiger partial charge in [-0.05, 0) is 37.4 Å². The standard InChI is InChI=1S/C12H13N3O3S2/c1-4-7-9(20-15-14-7)10(16)13-11-8(12(17)18)5(2)6(3)19-11/h4H2,1-3H3,(H,13,16)(H,17,18). The van der Waals surface area contributed by atoms with Crippen LogP contribution in [0.2, 0.25) is 0 Å². The molecule has 0 saturated heterocycles. The summed E-state index contributed by atoms with van der Waals surface area (Å²) in [6.07, 6.45) is 0.605. The van der Waals surface area contributed by atoms with Crippen LogP contribution < -0.4 is 5.32 Å². The molecule has 0 aromatic carbocycles. The van der Waals surface area contributed by atoms with E-state index in [9.17, 15) is 14.7 Å². The molecular formula is C12H13N3O3S2. The second-order valence-electron chi connectivity index (χ2n) is 4.15. The first kappa shape index (κ1) is 14.6. The third kappa shape index (κ3) is 2.56. The number of hydrogen-bond acceptors (Lipinski definition) is 6. The van der Waals surface area contributed by atoms with Crippen LogP contribution in [0.3, 0.4) is 0 Å². The second kappa shape index (κ2) is 5.68. The van der Waals surface area contributed by atoms with E-state index in [1.54, 1.807) is 6.92 Å². The van der Waals surface area contributed by atoms with E-state index in [1.165, 1.54) is 11.3 Å². The molecule has 0 aliphatic heterocycles. The van der Waals surface area contributed by atoms with E-state index in [1.807, 2.05) is 13.8 Å². The van der Waals surface area contributed by atoms with Gasteiger partial charge < -0.3 is 10.4 Å². The molecule has 0 aliphatic carbocycles. The van der Waals surface area contributed by atoms with Crippen LogP contribution in [-0.2, 0) is 6.42 Å². The molecule has 2 rings (SSSR count). The Labute approximate surface area is 123 Å². The number of rotatable bonds is 4. The first-order valence-corrected chi connectivity index (χ1v) is 7.50. The highest BCUT2D eigenvalue weighted by molar-refractivity contribution is 7.17. The lowest BCUT2D eigenvalue weighted by Gasteiger charge is -2.03. The summed E-state index contributed by atoms with van der Waals surface area (Å²) >= 11 is 2.27. The largest absolute Gasteiger partial charge is 0.478 e. The Morgan fingerprint density at radius 2 is 2.05 bits per heavy atom. The van der Waals surface area contributed by atoms with Crippen LogP contribution in [0.25, 0.3) is 0 Å². The van der Waals surface area contributed by atoms with Gasteiger partial charge >= 0.3 is 5.97 Å². The van der Waals surface area contributed by atoms with E-state index >= 15 is 0 Å². The molecule has 8 heteroatoms. The van der Waals surface area contributed by atoms with Crippen molar-refractivity contribution in [2.24, 2.45) is 0 Å². The smallest absolute Gasteiger partial charge is 0.338 e. The third-order valence-electron chi connectivity index (χ3n) is 2.92. The minimum Gasteiger partial charge on any atom is -0.478 e. The number of anilines is 1. The quantitative estimate of drug-likeness (QED) is 0.905. The molecule has 0 bridgehead atoms. The van der Waals surface area contributed by atoms with Gasteiger partial charge in [-0.3, -0.25) is 4.79 Å². The summed E-state index contributed by atoms with van der Waals surface area (Å²) in [7, 11) is 0. The summed E-state index contributed by atoms with van der Waals surface area (Å²) in [5, 5.41) is 16.1. The zero-order valence-electron chi connectivity index (χ0n) is 11.2. The monoisotopic (exact) mass is 311 g/mol. The Balaban J connectivity index is 2.33. The van der Waals surface area contributed by atoms with Gasteiger partial charge in [-0.2, -0.15) is 0 Å². The molecule has 0 fully saturated rings. The van der Waals surface area contributed by atoms with Crippen LogP contribution in [-0.4, -0.2) is 26.6 Å². The number of aryl methyl sites for hydroxylation is 2. The molecule has 1 amide bonds. The summed E-state index contributed by atoms with van der Waals surface area (Å²) in [6, 6.07) is 0. The highest BCUT2D eigenvalue weighted by atomic mass is 32.1. The summed E-state index contributed by atoms with van der Waals surface area (Å²) in [5.41, 5.74) is 1.45. The number of nitrogens with zero attached hydrogens (tertiary/aromatic N) is 2. The number of carbonyl (C=O) groups is 2. The van der Waals surface area contributed by atoms with Crippen LogP contribution in [0.15, 0.2) is 0 Å². The number of carbonyl (C=O) groups excluding carboxylic acids is 1. The maximum absolute atomic E-state index is 12.2. The van der Waals surface area contributed by atoms with Crippen LogP contribution >= 0.6 is 22.9 Å². The Bertz CT molecular complexity index is 676. The molecule has 2 N–H and O–H groups in total. The first-order chi connectivity index (χ1) is 9.45. The summed E-state index contributed by atoms with van der Waals surface area (Å²) in [4.78, 5) is 24.8. The number of nitrogens with one attached hydrogen (secondary N) is 1. The van der Waals surface area contributed by atoms with Gasteiger partial charge in [-0.1, -0.05) is 11.4 Å². The van der Waals surface area contributed by atoms with E-state index in [4.69, 9.17) is 0 Å². The molecule has 20 heavy (non-hydrogen) atoms. The highest BCUT2D eigenvalue weighted by Crippen LogP contribution is 2.33. The minimum atomic E-state index is -1.04. The molecule has 2 aromatic rings. The highest BCUT2D eigenvalue weighted by Gasteiger charge is 2.22. The number of amides is 1. The molecule has 0 unspecified atom stereocenters. The van der Waals surface area contributed by atoms with Gasteiger partial charge in [0.1, 0.15) is 9.88 Å². The summed E-state index contributed by atoms with van der Waals surface area (Å²) in [5.74, 6) is -1.40. The lowest BCUT2D eigenvalue weighted by molar-refractivity contribution is 0.0697. The van der Waals surface area contributed by atoms with Gasteiger partial charge in [0, 0.05) is 4.88 Å². The molecule has 2 heterocycles. The average molecular weight is 311 g/mol. The molecule has 0 radical (unpaired) electrons. The van der Waals surface area contributed by atoms with Crippen molar-refractivity contribution in [2.75, 3.05) is 5.32 Å². The van der Waals surface area contributed by atoms with Crippen LogP contribution in [0.5, 0.6) is 0 Å². The molecule has 0 atom stereocenters. The van der Waals surface area contributed by atoms with Crippen molar-refractivity contribution >= 4 is 39.7 Å². The number of aromatic carboxylic acids is 1. The van der Waals surface area contributed by atoms with Gasteiger partial charge in [0.25, 0.3) is 5.91 Å². The molecule has 0 saturated carbocycles. The normalized spacial score (nSPS) is 10.6. The lowest BCUT2D eigenvalue weighted by atomic mass is 10.1. The average Bonchev–Trinajstić information content (AvgIpc) is 2.95. The van der Waals surface area contributed by atoms with Crippen LogP contribution in [0.1, 0.15) is 43.1 Å². The van der Waals surface area contributed by atoms with Gasteiger partial charge in [0.2, 0.25) is 0 Å². The fourth-order valence-corrected chi connectivity index (χ4v) is 3.44. The van der Waals surface area contributed by atoms with E-state index < -0.39 is 5.97 Å². The maximum Gasteiger partial charge on any atom is 0.338 e. The van der Waals surface area contributed by atoms with Gasteiger partial charge in [-0.25, -0.2) is 4.79 Å². The SMILES string of the molecule is CCc1nnsc1C(=O)Nc1sc(C)c(C)c1C(=O)O. The van der Waals surface area contributed by atoms with Gasteiger partial charge in [-0.15, -0.1) is 16.4 Å². The van der Waals surface area contributed by atoms with Gasteiger partial charge in [0.15, 0.2) is 0 Å². The molecular weight excluding hydrogens is 298 g/mol. The van der Waals surface area contributed by atoms with E-state index in [0.717, 1.165) is 16.4 Å². The van der Waals surface area contributed by atoms with Crippen LogP contribution in [0.4, 0.5) is 5.00 Å². The number of carboxylic acid groups (broad SMARTS) is 1.